The lowest BCUT2D eigenvalue weighted by Crippen LogP contribution is -2.35. The Balaban J connectivity index is 1.55. The lowest BCUT2D eigenvalue weighted by molar-refractivity contribution is 0.189. The van der Waals surface area contributed by atoms with E-state index in [9.17, 15) is 0 Å². The standard InChI is InChI=1S/C15H28N4/c1-13-14(12-17-18-13)11-16-9-6-10-19(2)15-7-4-3-5-8-15/h12,15-16H,3-11H2,1-2H3,(H,17,18). The van der Waals surface area contributed by atoms with Crippen LogP contribution in [0.2, 0.25) is 0 Å². The summed E-state index contributed by atoms with van der Waals surface area (Å²) in [7, 11) is 2.29. The molecule has 0 spiro atoms. The zero-order chi connectivity index (χ0) is 13.5. The van der Waals surface area contributed by atoms with Crippen LogP contribution >= 0.6 is 0 Å². The topological polar surface area (TPSA) is 44.0 Å². The molecule has 1 aromatic rings. The average molecular weight is 264 g/mol. The zero-order valence-corrected chi connectivity index (χ0v) is 12.4. The third-order valence-corrected chi connectivity index (χ3v) is 4.31. The molecule has 4 nitrogen and oxygen atoms in total. The third kappa shape index (κ3) is 4.62. The van der Waals surface area contributed by atoms with Gasteiger partial charge in [-0.1, -0.05) is 19.3 Å². The van der Waals surface area contributed by atoms with Crippen LogP contribution in [-0.2, 0) is 6.54 Å². The van der Waals surface area contributed by atoms with Gasteiger partial charge < -0.3 is 10.2 Å². The maximum Gasteiger partial charge on any atom is 0.0535 e. The molecule has 1 aliphatic rings. The van der Waals surface area contributed by atoms with Gasteiger partial charge in [-0.25, -0.2) is 0 Å². The van der Waals surface area contributed by atoms with E-state index in [4.69, 9.17) is 0 Å². The fraction of sp³-hybridized carbons (Fsp3) is 0.800. The molecule has 0 aliphatic heterocycles. The van der Waals surface area contributed by atoms with Gasteiger partial charge in [0.2, 0.25) is 0 Å². The van der Waals surface area contributed by atoms with Gasteiger partial charge in [0, 0.05) is 23.8 Å². The first kappa shape index (κ1) is 14.5. The Kier molecular flexibility index (Phi) is 5.86. The highest BCUT2D eigenvalue weighted by Gasteiger charge is 2.17. The van der Waals surface area contributed by atoms with Gasteiger partial charge in [0.1, 0.15) is 0 Å². The van der Waals surface area contributed by atoms with Gasteiger partial charge in [-0.3, -0.25) is 5.10 Å². The zero-order valence-electron chi connectivity index (χ0n) is 12.4. The number of nitrogens with zero attached hydrogens (tertiary/aromatic N) is 2. The molecule has 4 heteroatoms. The molecule has 1 aliphatic carbocycles. The molecule has 0 saturated heterocycles. The highest BCUT2D eigenvalue weighted by Crippen LogP contribution is 2.21. The summed E-state index contributed by atoms with van der Waals surface area (Å²) in [5.41, 5.74) is 2.45. The molecule has 108 valence electrons. The maximum absolute atomic E-state index is 4.04. The first-order chi connectivity index (χ1) is 9.27. The first-order valence-electron chi connectivity index (χ1n) is 7.67. The highest BCUT2D eigenvalue weighted by molar-refractivity contribution is 5.13. The van der Waals surface area contributed by atoms with Gasteiger partial charge >= 0.3 is 0 Å². The quantitative estimate of drug-likeness (QED) is 0.744. The van der Waals surface area contributed by atoms with E-state index in [1.54, 1.807) is 0 Å². The second-order valence-electron chi connectivity index (χ2n) is 5.82. The molecule has 0 bridgehead atoms. The van der Waals surface area contributed by atoms with E-state index in [1.165, 1.54) is 56.3 Å². The number of aromatic amines is 1. The van der Waals surface area contributed by atoms with Crippen LogP contribution in [0.3, 0.4) is 0 Å². The molecular formula is C15H28N4. The van der Waals surface area contributed by atoms with E-state index in [-0.39, 0.29) is 0 Å². The third-order valence-electron chi connectivity index (χ3n) is 4.31. The number of hydrogen-bond acceptors (Lipinski definition) is 3. The van der Waals surface area contributed by atoms with Crippen LogP contribution in [0.15, 0.2) is 6.20 Å². The Hall–Kier alpha value is -0.870. The number of aryl methyl sites for hydroxylation is 1. The molecule has 0 aromatic carbocycles. The lowest BCUT2D eigenvalue weighted by Gasteiger charge is -2.31. The monoisotopic (exact) mass is 264 g/mol. The number of hydrogen-bond donors (Lipinski definition) is 2. The van der Waals surface area contributed by atoms with Gasteiger partial charge in [0.25, 0.3) is 0 Å². The summed E-state index contributed by atoms with van der Waals surface area (Å²) < 4.78 is 0. The molecule has 2 N–H and O–H groups in total. The van der Waals surface area contributed by atoms with Crippen LogP contribution in [0.1, 0.15) is 49.8 Å². The minimum Gasteiger partial charge on any atom is -0.312 e. The van der Waals surface area contributed by atoms with Gasteiger partial charge in [0.05, 0.1) is 6.20 Å². The fourth-order valence-electron chi connectivity index (χ4n) is 2.93. The van der Waals surface area contributed by atoms with Crippen LogP contribution in [0.5, 0.6) is 0 Å². The molecule has 0 radical (unpaired) electrons. The molecule has 0 amide bonds. The van der Waals surface area contributed by atoms with E-state index in [1.807, 2.05) is 6.20 Å². The number of aromatic nitrogens is 2. The van der Waals surface area contributed by atoms with E-state index < -0.39 is 0 Å². The summed E-state index contributed by atoms with van der Waals surface area (Å²) in [6.07, 6.45) is 10.2. The van der Waals surface area contributed by atoms with Crippen molar-refractivity contribution in [2.75, 3.05) is 20.1 Å². The normalized spacial score (nSPS) is 17.2. The predicted molar refractivity (Wildman–Crippen MR) is 79.2 cm³/mol. The van der Waals surface area contributed by atoms with Gasteiger partial charge in [-0.05, 0) is 46.3 Å². The Morgan fingerprint density at radius 1 is 1.37 bits per heavy atom. The van der Waals surface area contributed by atoms with Crippen molar-refractivity contribution in [1.82, 2.24) is 20.4 Å². The summed E-state index contributed by atoms with van der Waals surface area (Å²) in [6.45, 7) is 5.29. The molecule has 1 saturated carbocycles. The van der Waals surface area contributed by atoms with E-state index in [2.05, 4.69) is 34.4 Å². The van der Waals surface area contributed by atoms with Crippen molar-refractivity contribution in [3.8, 4) is 0 Å². The van der Waals surface area contributed by atoms with Crippen LogP contribution in [0, 0.1) is 6.92 Å². The fourth-order valence-corrected chi connectivity index (χ4v) is 2.93. The number of rotatable bonds is 7. The minimum atomic E-state index is 0.838. The largest absolute Gasteiger partial charge is 0.312 e. The SMILES string of the molecule is Cc1[nH]ncc1CNCCCN(C)C1CCCCC1. The van der Waals surface area contributed by atoms with Crippen molar-refractivity contribution in [2.24, 2.45) is 0 Å². The first-order valence-corrected chi connectivity index (χ1v) is 7.67. The molecule has 1 aromatic heterocycles. The molecular weight excluding hydrogens is 236 g/mol. The second-order valence-corrected chi connectivity index (χ2v) is 5.82. The van der Waals surface area contributed by atoms with Crippen molar-refractivity contribution in [3.63, 3.8) is 0 Å². The molecule has 19 heavy (non-hydrogen) atoms. The Bertz CT molecular complexity index is 355. The Morgan fingerprint density at radius 2 is 2.16 bits per heavy atom. The van der Waals surface area contributed by atoms with Crippen molar-refractivity contribution < 1.29 is 0 Å². The van der Waals surface area contributed by atoms with Crippen LogP contribution < -0.4 is 5.32 Å². The van der Waals surface area contributed by atoms with E-state index in [0.29, 0.717) is 0 Å². The summed E-state index contributed by atoms with van der Waals surface area (Å²) in [5.74, 6) is 0. The van der Waals surface area contributed by atoms with Gasteiger partial charge in [-0.2, -0.15) is 5.10 Å². The summed E-state index contributed by atoms with van der Waals surface area (Å²) in [4.78, 5) is 2.56. The van der Waals surface area contributed by atoms with E-state index >= 15 is 0 Å². The highest BCUT2D eigenvalue weighted by atomic mass is 15.1. The Morgan fingerprint density at radius 3 is 2.84 bits per heavy atom. The molecule has 0 unspecified atom stereocenters. The van der Waals surface area contributed by atoms with Crippen LogP contribution in [-0.4, -0.2) is 41.3 Å². The predicted octanol–water partition coefficient (Wildman–Crippen LogP) is 2.46. The van der Waals surface area contributed by atoms with E-state index in [0.717, 1.165) is 19.1 Å². The van der Waals surface area contributed by atoms with Crippen LogP contribution in [0.4, 0.5) is 0 Å². The summed E-state index contributed by atoms with van der Waals surface area (Å²) >= 11 is 0. The minimum absolute atomic E-state index is 0.838. The van der Waals surface area contributed by atoms with Crippen molar-refractivity contribution in [3.05, 3.63) is 17.5 Å². The van der Waals surface area contributed by atoms with Gasteiger partial charge in [-0.15, -0.1) is 0 Å². The van der Waals surface area contributed by atoms with Crippen LogP contribution in [0.25, 0.3) is 0 Å². The van der Waals surface area contributed by atoms with Gasteiger partial charge in [0.15, 0.2) is 0 Å². The molecule has 1 fully saturated rings. The maximum atomic E-state index is 4.04. The summed E-state index contributed by atoms with van der Waals surface area (Å²) in [6, 6.07) is 0.838. The van der Waals surface area contributed by atoms with Crippen molar-refractivity contribution >= 4 is 0 Å². The molecule has 1 heterocycles. The van der Waals surface area contributed by atoms with Crippen molar-refractivity contribution in [1.29, 1.82) is 0 Å². The number of nitrogens with one attached hydrogen (secondary N) is 2. The molecule has 2 rings (SSSR count). The second kappa shape index (κ2) is 7.65. The lowest BCUT2D eigenvalue weighted by atomic mass is 9.94. The van der Waals surface area contributed by atoms with Crippen molar-refractivity contribution in [2.45, 2.75) is 58.0 Å². The molecule has 0 atom stereocenters. The summed E-state index contributed by atoms with van der Waals surface area (Å²) in [5, 5.41) is 10.5. The Labute approximate surface area is 117 Å². The number of H-pyrrole nitrogens is 1. The smallest absolute Gasteiger partial charge is 0.0535 e. The average Bonchev–Trinajstić information content (AvgIpc) is 2.85.